The maximum Gasteiger partial charge on any atom is 0.261 e. The summed E-state index contributed by atoms with van der Waals surface area (Å²) in [5, 5.41) is 4.56. The molecule has 2 amide bonds. The summed E-state index contributed by atoms with van der Waals surface area (Å²) < 4.78 is 0. The number of carbonyl (C=O) groups is 2. The van der Waals surface area contributed by atoms with Crippen LogP contribution in [0.2, 0.25) is 0 Å². The Bertz CT molecular complexity index is 886. The number of H-pyrrole nitrogens is 1. The Morgan fingerprint density at radius 1 is 1.27 bits per heavy atom. The maximum absolute atomic E-state index is 12.5. The molecule has 0 spiro atoms. The second-order valence-electron chi connectivity index (χ2n) is 6.48. The largest absolute Gasteiger partial charge is 0.342 e. The number of rotatable bonds is 4. The molecule has 0 bridgehead atoms. The number of aromatic amines is 1. The molecule has 7 heteroatoms. The van der Waals surface area contributed by atoms with Crippen molar-refractivity contribution in [3.05, 3.63) is 52.5 Å². The van der Waals surface area contributed by atoms with Crippen LogP contribution in [0.3, 0.4) is 0 Å². The Hall–Kier alpha value is -2.67. The molecular formula is C19H20N4O2S. The van der Waals surface area contributed by atoms with E-state index >= 15 is 0 Å². The monoisotopic (exact) mass is 368 g/mol. The van der Waals surface area contributed by atoms with Gasteiger partial charge in [0.05, 0.1) is 22.5 Å². The fraction of sp³-hybridized carbons (Fsp3) is 0.316. The lowest BCUT2D eigenvalue weighted by Gasteiger charge is -2.32. The number of piperidine rings is 1. The van der Waals surface area contributed by atoms with Gasteiger partial charge in [0.2, 0.25) is 5.91 Å². The van der Waals surface area contributed by atoms with Gasteiger partial charge in [0.25, 0.3) is 5.91 Å². The van der Waals surface area contributed by atoms with E-state index < -0.39 is 0 Å². The van der Waals surface area contributed by atoms with Crippen molar-refractivity contribution in [1.82, 2.24) is 20.2 Å². The van der Waals surface area contributed by atoms with E-state index in [0.29, 0.717) is 11.4 Å². The fourth-order valence-corrected chi connectivity index (χ4v) is 4.00. The number of fused-ring (bicyclic) bond motifs is 1. The summed E-state index contributed by atoms with van der Waals surface area (Å²) in [6, 6.07) is 11.5. The van der Waals surface area contributed by atoms with E-state index in [2.05, 4.69) is 15.3 Å². The van der Waals surface area contributed by atoms with Gasteiger partial charge in [-0.15, -0.1) is 11.3 Å². The molecule has 3 heterocycles. The van der Waals surface area contributed by atoms with Crippen LogP contribution >= 0.6 is 11.3 Å². The van der Waals surface area contributed by atoms with Gasteiger partial charge in [0, 0.05) is 19.0 Å². The number of benzene rings is 1. The first-order valence-electron chi connectivity index (χ1n) is 8.75. The third-order valence-corrected chi connectivity index (χ3v) is 5.58. The minimum atomic E-state index is -0.195. The van der Waals surface area contributed by atoms with Crippen LogP contribution in [-0.4, -0.2) is 46.3 Å². The Kier molecular flexibility index (Phi) is 4.71. The zero-order valence-corrected chi connectivity index (χ0v) is 15.1. The molecule has 1 aliphatic rings. The molecule has 1 fully saturated rings. The highest BCUT2D eigenvalue weighted by Gasteiger charge is 2.27. The van der Waals surface area contributed by atoms with Crippen molar-refractivity contribution in [2.45, 2.75) is 18.8 Å². The molecule has 6 nitrogen and oxygen atoms in total. The molecule has 4 rings (SSSR count). The SMILES string of the molecule is O=C(NCC(=O)N1CCCC(c2nc3ccccc3[nH]2)C1)c1cccs1. The zero-order chi connectivity index (χ0) is 17.9. The number of hydrogen-bond donors (Lipinski definition) is 2. The minimum Gasteiger partial charge on any atom is -0.342 e. The predicted molar refractivity (Wildman–Crippen MR) is 101 cm³/mol. The van der Waals surface area contributed by atoms with Gasteiger partial charge in [0.15, 0.2) is 0 Å². The van der Waals surface area contributed by atoms with Crippen molar-refractivity contribution >= 4 is 34.2 Å². The van der Waals surface area contributed by atoms with Crippen LogP contribution in [0.1, 0.15) is 34.3 Å². The highest BCUT2D eigenvalue weighted by Crippen LogP contribution is 2.26. The Labute approximate surface area is 155 Å². The van der Waals surface area contributed by atoms with Crippen molar-refractivity contribution in [3.63, 3.8) is 0 Å². The fourth-order valence-electron chi connectivity index (χ4n) is 3.36. The molecule has 1 unspecified atom stereocenters. The lowest BCUT2D eigenvalue weighted by atomic mass is 9.97. The lowest BCUT2D eigenvalue weighted by Crippen LogP contribution is -2.44. The average Bonchev–Trinajstić information content (AvgIpc) is 3.35. The highest BCUT2D eigenvalue weighted by atomic mass is 32.1. The number of aromatic nitrogens is 2. The van der Waals surface area contributed by atoms with Crippen LogP contribution in [0.15, 0.2) is 41.8 Å². The van der Waals surface area contributed by atoms with Crippen molar-refractivity contribution in [2.75, 3.05) is 19.6 Å². The van der Waals surface area contributed by atoms with E-state index in [1.807, 2.05) is 40.6 Å². The summed E-state index contributed by atoms with van der Waals surface area (Å²) in [5.74, 6) is 0.898. The lowest BCUT2D eigenvalue weighted by molar-refractivity contribution is -0.131. The Morgan fingerprint density at radius 3 is 2.96 bits per heavy atom. The number of imidazole rings is 1. The van der Waals surface area contributed by atoms with Crippen LogP contribution in [-0.2, 0) is 4.79 Å². The average molecular weight is 368 g/mol. The second kappa shape index (κ2) is 7.29. The van der Waals surface area contributed by atoms with Crippen molar-refractivity contribution in [2.24, 2.45) is 0 Å². The maximum atomic E-state index is 12.5. The van der Waals surface area contributed by atoms with Gasteiger partial charge in [0.1, 0.15) is 5.82 Å². The van der Waals surface area contributed by atoms with Gasteiger partial charge in [-0.25, -0.2) is 4.98 Å². The number of thiophene rings is 1. The number of hydrogen-bond acceptors (Lipinski definition) is 4. The summed E-state index contributed by atoms with van der Waals surface area (Å²) in [6.07, 6.45) is 1.94. The molecule has 3 aromatic rings. The van der Waals surface area contributed by atoms with Gasteiger partial charge in [-0.3, -0.25) is 9.59 Å². The molecule has 26 heavy (non-hydrogen) atoms. The van der Waals surface area contributed by atoms with Crippen LogP contribution in [0.4, 0.5) is 0 Å². The summed E-state index contributed by atoms with van der Waals surface area (Å²) in [5.41, 5.74) is 1.98. The van der Waals surface area contributed by atoms with Crippen molar-refractivity contribution in [1.29, 1.82) is 0 Å². The third kappa shape index (κ3) is 3.48. The number of likely N-dealkylation sites (tertiary alicyclic amines) is 1. The third-order valence-electron chi connectivity index (χ3n) is 4.71. The van der Waals surface area contributed by atoms with Crippen LogP contribution in [0, 0.1) is 0 Å². The predicted octanol–water partition coefficient (Wildman–Crippen LogP) is 2.76. The zero-order valence-electron chi connectivity index (χ0n) is 14.3. The number of para-hydroxylation sites is 2. The molecule has 0 saturated carbocycles. The van der Waals surface area contributed by atoms with Gasteiger partial charge in [-0.05, 0) is 36.4 Å². The van der Waals surface area contributed by atoms with Gasteiger partial charge < -0.3 is 15.2 Å². The molecule has 134 valence electrons. The summed E-state index contributed by atoms with van der Waals surface area (Å²) in [4.78, 5) is 35.0. The van der Waals surface area contributed by atoms with E-state index in [1.54, 1.807) is 6.07 Å². The molecule has 0 aliphatic carbocycles. The molecule has 1 saturated heterocycles. The van der Waals surface area contributed by atoms with Crippen LogP contribution < -0.4 is 5.32 Å². The Morgan fingerprint density at radius 2 is 2.15 bits per heavy atom. The van der Waals surface area contributed by atoms with Crippen LogP contribution in [0.5, 0.6) is 0 Å². The number of nitrogens with zero attached hydrogens (tertiary/aromatic N) is 2. The van der Waals surface area contributed by atoms with Crippen molar-refractivity contribution in [3.8, 4) is 0 Å². The van der Waals surface area contributed by atoms with Gasteiger partial charge in [-0.2, -0.15) is 0 Å². The van der Waals surface area contributed by atoms with E-state index in [4.69, 9.17) is 0 Å². The standard InChI is InChI=1S/C19H20N4O2S/c24-17(11-20-19(25)16-8-4-10-26-16)23-9-3-5-13(12-23)18-21-14-6-1-2-7-15(14)22-18/h1-2,4,6-8,10,13H,3,5,9,11-12H2,(H,20,25)(H,21,22). The highest BCUT2D eigenvalue weighted by molar-refractivity contribution is 7.12. The molecule has 1 aliphatic heterocycles. The summed E-state index contributed by atoms with van der Waals surface area (Å²) in [6.45, 7) is 1.39. The smallest absolute Gasteiger partial charge is 0.261 e. The number of nitrogens with one attached hydrogen (secondary N) is 2. The Balaban J connectivity index is 1.38. The van der Waals surface area contributed by atoms with Crippen LogP contribution in [0.25, 0.3) is 11.0 Å². The molecule has 2 N–H and O–H groups in total. The normalized spacial score (nSPS) is 17.4. The number of carbonyl (C=O) groups excluding carboxylic acids is 2. The first-order valence-corrected chi connectivity index (χ1v) is 9.63. The molecule has 1 atom stereocenters. The first kappa shape index (κ1) is 16.8. The van der Waals surface area contributed by atoms with Gasteiger partial charge in [-0.1, -0.05) is 18.2 Å². The topological polar surface area (TPSA) is 78.1 Å². The molecule has 1 aromatic carbocycles. The van der Waals surface area contributed by atoms with Gasteiger partial charge >= 0.3 is 0 Å². The van der Waals surface area contributed by atoms with E-state index in [0.717, 1.165) is 36.2 Å². The molecule has 2 aromatic heterocycles. The minimum absolute atomic E-state index is 0.0313. The molecule has 0 radical (unpaired) electrons. The van der Waals surface area contributed by atoms with E-state index in [9.17, 15) is 9.59 Å². The van der Waals surface area contributed by atoms with Crippen molar-refractivity contribution < 1.29 is 9.59 Å². The first-order chi connectivity index (χ1) is 12.7. The molecular weight excluding hydrogens is 348 g/mol. The van der Waals surface area contributed by atoms with E-state index in [1.165, 1.54) is 11.3 Å². The quantitative estimate of drug-likeness (QED) is 0.743. The summed E-state index contributed by atoms with van der Waals surface area (Å²) >= 11 is 1.37. The second-order valence-corrected chi connectivity index (χ2v) is 7.43. The summed E-state index contributed by atoms with van der Waals surface area (Å²) in [7, 11) is 0. The van der Waals surface area contributed by atoms with E-state index in [-0.39, 0.29) is 24.3 Å². The number of amides is 2.